The van der Waals surface area contributed by atoms with Crippen LogP contribution in [0.5, 0.6) is 0 Å². The molecule has 0 bridgehead atoms. The topological polar surface area (TPSA) is 46.3 Å². The second kappa shape index (κ2) is 4.78. The standard InChI is InChI=1S/C14H22N2O/c1-10(11-7-6-8-12(15)9-11)16(5)13(17)14(2,3)4/h6-10H,15H2,1-5H3. The lowest BCUT2D eigenvalue weighted by atomic mass is 9.93. The SMILES string of the molecule is CC(c1cccc(N)c1)N(C)C(=O)C(C)(C)C. The minimum atomic E-state index is -0.358. The summed E-state index contributed by atoms with van der Waals surface area (Å²) in [4.78, 5) is 13.9. The van der Waals surface area contributed by atoms with E-state index in [9.17, 15) is 4.79 Å². The molecule has 1 amide bonds. The second-order valence-electron chi connectivity index (χ2n) is 5.51. The molecule has 0 fully saturated rings. The van der Waals surface area contributed by atoms with Gasteiger partial charge in [-0.1, -0.05) is 32.9 Å². The van der Waals surface area contributed by atoms with Crippen LogP contribution in [-0.4, -0.2) is 17.9 Å². The molecule has 0 radical (unpaired) electrons. The number of anilines is 1. The molecular weight excluding hydrogens is 212 g/mol. The Balaban J connectivity index is 2.91. The summed E-state index contributed by atoms with van der Waals surface area (Å²) >= 11 is 0. The zero-order valence-electron chi connectivity index (χ0n) is 11.3. The van der Waals surface area contributed by atoms with Crippen LogP contribution < -0.4 is 5.73 Å². The number of hydrogen-bond donors (Lipinski definition) is 1. The number of carbonyl (C=O) groups is 1. The van der Waals surface area contributed by atoms with Crippen LogP contribution in [0, 0.1) is 5.41 Å². The summed E-state index contributed by atoms with van der Waals surface area (Å²) in [6.07, 6.45) is 0. The van der Waals surface area contributed by atoms with E-state index in [1.807, 2.05) is 59.0 Å². The molecule has 0 heterocycles. The molecule has 0 spiro atoms. The molecular formula is C14H22N2O. The number of nitrogen functional groups attached to an aromatic ring is 1. The van der Waals surface area contributed by atoms with Crippen molar-refractivity contribution in [1.82, 2.24) is 4.90 Å². The van der Waals surface area contributed by atoms with E-state index in [-0.39, 0.29) is 17.4 Å². The van der Waals surface area contributed by atoms with Gasteiger partial charge in [0.05, 0.1) is 6.04 Å². The van der Waals surface area contributed by atoms with E-state index in [4.69, 9.17) is 5.73 Å². The fourth-order valence-corrected chi connectivity index (χ4v) is 1.75. The van der Waals surface area contributed by atoms with Crippen molar-refractivity contribution in [2.24, 2.45) is 5.41 Å². The summed E-state index contributed by atoms with van der Waals surface area (Å²) in [5.41, 5.74) is 7.19. The van der Waals surface area contributed by atoms with E-state index in [0.29, 0.717) is 0 Å². The Bertz CT molecular complexity index is 407. The Morgan fingerprint density at radius 1 is 1.35 bits per heavy atom. The largest absolute Gasteiger partial charge is 0.399 e. The number of hydrogen-bond acceptors (Lipinski definition) is 2. The van der Waals surface area contributed by atoms with Gasteiger partial charge in [0.2, 0.25) is 5.91 Å². The smallest absolute Gasteiger partial charge is 0.228 e. The van der Waals surface area contributed by atoms with E-state index >= 15 is 0 Å². The monoisotopic (exact) mass is 234 g/mol. The second-order valence-corrected chi connectivity index (χ2v) is 5.51. The summed E-state index contributed by atoms with van der Waals surface area (Å²) in [6.45, 7) is 7.80. The number of carbonyl (C=O) groups excluding carboxylic acids is 1. The molecule has 1 rings (SSSR count). The highest BCUT2D eigenvalue weighted by atomic mass is 16.2. The Morgan fingerprint density at radius 3 is 2.41 bits per heavy atom. The molecule has 1 atom stereocenters. The molecule has 3 nitrogen and oxygen atoms in total. The van der Waals surface area contributed by atoms with E-state index in [1.165, 1.54) is 0 Å². The van der Waals surface area contributed by atoms with Gasteiger partial charge in [0.1, 0.15) is 0 Å². The predicted molar refractivity (Wildman–Crippen MR) is 71.5 cm³/mol. The van der Waals surface area contributed by atoms with Gasteiger partial charge in [0, 0.05) is 18.2 Å². The number of amides is 1. The average Bonchev–Trinajstić information content (AvgIpc) is 2.25. The maximum atomic E-state index is 12.2. The Hall–Kier alpha value is -1.51. The average molecular weight is 234 g/mol. The van der Waals surface area contributed by atoms with Gasteiger partial charge in [0.15, 0.2) is 0 Å². The molecule has 94 valence electrons. The van der Waals surface area contributed by atoms with E-state index < -0.39 is 0 Å². The highest BCUT2D eigenvalue weighted by Gasteiger charge is 2.28. The molecule has 1 aromatic carbocycles. The van der Waals surface area contributed by atoms with Gasteiger partial charge in [0.25, 0.3) is 0 Å². The molecule has 3 heteroatoms. The molecule has 0 aliphatic rings. The number of rotatable bonds is 2. The number of nitrogens with zero attached hydrogens (tertiary/aromatic N) is 1. The van der Waals surface area contributed by atoms with Gasteiger partial charge < -0.3 is 10.6 Å². The van der Waals surface area contributed by atoms with Crippen molar-refractivity contribution in [2.75, 3.05) is 12.8 Å². The van der Waals surface area contributed by atoms with Crippen LogP contribution in [0.1, 0.15) is 39.3 Å². The molecule has 0 aliphatic heterocycles. The van der Waals surface area contributed by atoms with Gasteiger partial charge in [-0.3, -0.25) is 4.79 Å². The van der Waals surface area contributed by atoms with Crippen molar-refractivity contribution in [3.05, 3.63) is 29.8 Å². The van der Waals surface area contributed by atoms with E-state index in [2.05, 4.69) is 0 Å². The lowest BCUT2D eigenvalue weighted by molar-refractivity contribution is -0.140. The van der Waals surface area contributed by atoms with Crippen molar-refractivity contribution >= 4 is 11.6 Å². The summed E-state index contributed by atoms with van der Waals surface area (Å²) in [5, 5.41) is 0. The van der Waals surface area contributed by atoms with Crippen molar-refractivity contribution in [3.8, 4) is 0 Å². The van der Waals surface area contributed by atoms with Crippen molar-refractivity contribution in [3.63, 3.8) is 0 Å². The molecule has 2 N–H and O–H groups in total. The summed E-state index contributed by atoms with van der Waals surface area (Å²) in [6, 6.07) is 7.70. The summed E-state index contributed by atoms with van der Waals surface area (Å²) < 4.78 is 0. The van der Waals surface area contributed by atoms with Crippen LogP contribution >= 0.6 is 0 Å². The van der Waals surface area contributed by atoms with Gasteiger partial charge in [-0.05, 0) is 24.6 Å². The molecule has 0 aliphatic carbocycles. The van der Waals surface area contributed by atoms with Crippen LogP contribution in [0.3, 0.4) is 0 Å². The molecule has 1 aromatic rings. The van der Waals surface area contributed by atoms with Gasteiger partial charge in [-0.25, -0.2) is 0 Å². The number of benzene rings is 1. The molecule has 1 unspecified atom stereocenters. The van der Waals surface area contributed by atoms with Gasteiger partial charge >= 0.3 is 0 Å². The van der Waals surface area contributed by atoms with Gasteiger partial charge in [-0.15, -0.1) is 0 Å². The van der Waals surface area contributed by atoms with Crippen LogP contribution in [0.4, 0.5) is 5.69 Å². The van der Waals surface area contributed by atoms with Crippen LogP contribution in [-0.2, 0) is 4.79 Å². The third-order valence-electron chi connectivity index (χ3n) is 2.94. The summed E-state index contributed by atoms with van der Waals surface area (Å²) in [7, 11) is 1.83. The Morgan fingerprint density at radius 2 is 1.94 bits per heavy atom. The Labute approximate surface area is 104 Å². The number of nitrogens with two attached hydrogens (primary N) is 1. The highest BCUT2D eigenvalue weighted by molar-refractivity contribution is 5.81. The third kappa shape index (κ3) is 3.22. The lowest BCUT2D eigenvalue weighted by Crippen LogP contribution is -2.38. The van der Waals surface area contributed by atoms with Gasteiger partial charge in [-0.2, -0.15) is 0 Å². The fraction of sp³-hybridized carbons (Fsp3) is 0.500. The minimum Gasteiger partial charge on any atom is -0.399 e. The van der Waals surface area contributed by atoms with Crippen LogP contribution in [0.15, 0.2) is 24.3 Å². The zero-order chi connectivity index (χ0) is 13.2. The first kappa shape index (κ1) is 13.6. The van der Waals surface area contributed by atoms with Crippen LogP contribution in [0.25, 0.3) is 0 Å². The fourth-order valence-electron chi connectivity index (χ4n) is 1.75. The highest BCUT2D eigenvalue weighted by Crippen LogP contribution is 2.25. The normalized spacial score (nSPS) is 13.2. The quantitative estimate of drug-likeness (QED) is 0.800. The first-order valence-electron chi connectivity index (χ1n) is 5.86. The third-order valence-corrected chi connectivity index (χ3v) is 2.94. The van der Waals surface area contributed by atoms with E-state index in [0.717, 1.165) is 11.3 Å². The zero-order valence-corrected chi connectivity index (χ0v) is 11.3. The van der Waals surface area contributed by atoms with Crippen molar-refractivity contribution in [1.29, 1.82) is 0 Å². The lowest BCUT2D eigenvalue weighted by Gasteiger charge is -2.31. The molecule has 0 aromatic heterocycles. The Kier molecular flexibility index (Phi) is 3.81. The summed E-state index contributed by atoms with van der Waals surface area (Å²) in [5.74, 6) is 0.132. The van der Waals surface area contributed by atoms with Crippen molar-refractivity contribution < 1.29 is 4.79 Å². The minimum absolute atomic E-state index is 0.0326. The predicted octanol–water partition coefficient (Wildman–Crippen LogP) is 2.83. The molecule has 17 heavy (non-hydrogen) atoms. The maximum Gasteiger partial charge on any atom is 0.228 e. The molecule has 0 saturated carbocycles. The van der Waals surface area contributed by atoms with E-state index in [1.54, 1.807) is 4.90 Å². The first-order valence-corrected chi connectivity index (χ1v) is 5.86. The first-order chi connectivity index (χ1) is 7.73. The van der Waals surface area contributed by atoms with Crippen LogP contribution in [0.2, 0.25) is 0 Å². The van der Waals surface area contributed by atoms with Crippen molar-refractivity contribution in [2.45, 2.75) is 33.7 Å². The maximum absolute atomic E-state index is 12.2. The molecule has 0 saturated heterocycles.